The van der Waals surface area contributed by atoms with E-state index in [2.05, 4.69) is 15.5 Å². The van der Waals surface area contributed by atoms with Gasteiger partial charge >= 0.3 is 0 Å². The lowest BCUT2D eigenvalue weighted by molar-refractivity contribution is 0.102. The van der Waals surface area contributed by atoms with E-state index in [-0.39, 0.29) is 10.7 Å². The number of hydrogen-bond donors (Lipinski definition) is 2. The van der Waals surface area contributed by atoms with Gasteiger partial charge in [-0.25, -0.2) is 4.39 Å². The highest BCUT2D eigenvalue weighted by Crippen LogP contribution is 2.17. The van der Waals surface area contributed by atoms with Gasteiger partial charge in [0.15, 0.2) is 0 Å². The number of aryl methyl sites for hydroxylation is 2. The van der Waals surface area contributed by atoms with Crippen LogP contribution in [0.4, 0.5) is 10.1 Å². The zero-order valence-corrected chi connectivity index (χ0v) is 12.3. The summed E-state index contributed by atoms with van der Waals surface area (Å²) < 4.78 is 13.9. The molecule has 0 aliphatic rings. The van der Waals surface area contributed by atoms with Crippen LogP contribution in [0.2, 0.25) is 0 Å². The molecule has 1 amide bonds. The Labute approximate surface area is 126 Å². The molecule has 0 fully saturated rings. The van der Waals surface area contributed by atoms with E-state index in [9.17, 15) is 9.18 Å². The van der Waals surface area contributed by atoms with Crippen LogP contribution >= 0.6 is 12.2 Å². The molecule has 1 heterocycles. The predicted octanol–water partition coefficient (Wildman–Crippen LogP) is 2.12. The van der Waals surface area contributed by atoms with Gasteiger partial charge in [-0.15, -0.1) is 0 Å². The summed E-state index contributed by atoms with van der Waals surface area (Å²) in [5.74, 6) is -1.06. The van der Waals surface area contributed by atoms with E-state index in [0.29, 0.717) is 22.5 Å². The lowest BCUT2D eigenvalue weighted by Crippen LogP contribution is -2.16. The number of thiocarbonyl (C=S) groups is 1. The standard InChI is InChI=1S/C14H13FN4OS/c1-7-5-10(8(2)19-18-7)14(20)17-12-4-3-9(13(16)21)6-11(12)15/h3-6H,1-2H3,(H2,16,21)(H,17,20). The summed E-state index contributed by atoms with van der Waals surface area (Å²) in [4.78, 5) is 12.3. The zero-order chi connectivity index (χ0) is 15.6. The van der Waals surface area contributed by atoms with E-state index in [0.717, 1.165) is 0 Å². The number of amides is 1. The summed E-state index contributed by atoms with van der Waals surface area (Å²) in [6.07, 6.45) is 0. The quantitative estimate of drug-likeness (QED) is 0.849. The first-order valence-corrected chi connectivity index (χ1v) is 6.51. The van der Waals surface area contributed by atoms with E-state index in [1.165, 1.54) is 12.1 Å². The van der Waals surface area contributed by atoms with Gasteiger partial charge in [-0.05, 0) is 38.1 Å². The summed E-state index contributed by atoms with van der Waals surface area (Å²) in [7, 11) is 0. The Kier molecular flexibility index (Phi) is 4.23. The summed E-state index contributed by atoms with van der Waals surface area (Å²) in [6.45, 7) is 3.38. The van der Waals surface area contributed by atoms with Gasteiger partial charge in [0.1, 0.15) is 10.8 Å². The predicted molar refractivity (Wildman–Crippen MR) is 81.7 cm³/mol. The van der Waals surface area contributed by atoms with Gasteiger partial charge in [-0.1, -0.05) is 12.2 Å². The van der Waals surface area contributed by atoms with Crippen molar-refractivity contribution in [3.63, 3.8) is 0 Å². The van der Waals surface area contributed by atoms with Crippen LogP contribution in [-0.4, -0.2) is 21.1 Å². The van der Waals surface area contributed by atoms with Crippen molar-refractivity contribution in [2.45, 2.75) is 13.8 Å². The molecule has 0 saturated carbocycles. The minimum absolute atomic E-state index is 0.0499. The van der Waals surface area contributed by atoms with E-state index in [4.69, 9.17) is 18.0 Å². The molecule has 0 unspecified atom stereocenters. The van der Waals surface area contributed by atoms with E-state index < -0.39 is 11.7 Å². The average Bonchev–Trinajstić information content (AvgIpc) is 2.43. The maximum atomic E-state index is 13.9. The minimum Gasteiger partial charge on any atom is -0.389 e. The normalized spacial score (nSPS) is 10.2. The SMILES string of the molecule is Cc1cc(C(=O)Nc2ccc(C(N)=S)cc2F)c(C)nn1. The first-order chi connectivity index (χ1) is 9.88. The number of carbonyl (C=O) groups is 1. The number of benzene rings is 1. The maximum Gasteiger partial charge on any atom is 0.257 e. The molecule has 0 aliphatic carbocycles. The number of hydrogen-bond acceptors (Lipinski definition) is 4. The minimum atomic E-state index is -0.606. The van der Waals surface area contributed by atoms with Crippen molar-refractivity contribution in [3.05, 3.63) is 52.6 Å². The molecule has 2 rings (SSSR count). The Hall–Kier alpha value is -2.41. The van der Waals surface area contributed by atoms with Crippen LogP contribution in [0.25, 0.3) is 0 Å². The Bertz CT molecular complexity index is 733. The molecule has 5 nitrogen and oxygen atoms in total. The van der Waals surface area contributed by atoms with E-state index in [1.54, 1.807) is 26.0 Å². The monoisotopic (exact) mass is 304 g/mol. The van der Waals surface area contributed by atoms with Crippen molar-refractivity contribution in [3.8, 4) is 0 Å². The molecule has 0 atom stereocenters. The molecule has 1 aromatic heterocycles. The molecular formula is C14H13FN4OS. The maximum absolute atomic E-state index is 13.9. The smallest absolute Gasteiger partial charge is 0.257 e. The van der Waals surface area contributed by atoms with Crippen molar-refractivity contribution < 1.29 is 9.18 Å². The van der Waals surface area contributed by atoms with Crippen LogP contribution in [0.1, 0.15) is 27.3 Å². The molecule has 0 spiro atoms. The number of anilines is 1. The van der Waals surface area contributed by atoms with Crippen molar-refractivity contribution in [2.75, 3.05) is 5.32 Å². The lowest BCUT2D eigenvalue weighted by atomic mass is 10.1. The number of nitrogens with zero attached hydrogens (tertiary/aromatic N) is 2. The summed E-state index contributed by atoms with van der Waals surface area (Å²) in [5, 5.41) is 10.2. The third kappa shape index (κ3) is 3.38. The molecular weight excluding hydrogens is 291 g/mol. The van der Waals surface area contributed by atoms with Crippen molar-refractivity contribution in [2.24, 2.45) is 5.73 Å². The molecule has 0 bridgehead atoms. The van der Waals surface area contributed by atoms with Crippen molar-refractivity contribution in [1.82, 2.24) is 10.2 Å². The fourth-order valence-electron chi connectivity index (χ4n) is 1.74. The Morgan fingerprint density at radius 2 is 2.00 bits per heavy atom. The van der Waals surface area contributed by atoms with Gasteiger partial charge in [0.25, 0.3) is 5.91 Å². The highest BCUT2D eigenvalue weighted by atomic mass is 32.1. The number of aromatic nitrogens is 2. The second-order valence-corrected chi connectivity index (χ2v) is 4.94. The van der Waals surface area contributed by atoms with E-state index in [1.807, 2.05) is 0 Å². The average molecular weight is 304 g/mol. The molecule has 2 aromatic rings. The molecule has 3 N–H and O–H groups in total. The molecule has 0 saturated heterocycles. The van der Waals surface area contributed by atoms with Gasteiger partial charge in [0.05, 0.1) is 22.6 Å². The van der Waals surface area contributed by atoms with Gasteiger partial charge < -0.3 is 11.1 Å². The fourth-order valence-corrected chi connectivity index (χ4v) is 1.87. The molecule has 0 aliphatic heterocycles. The third-order valence-corrected chi connectivity index (χ3v) is 3.08. The van der Waals surface area contributed by atoms with Crippen LogP contribution < -0.4 is 11.1 Å². The molecule has 108 valence electrons. The molecule has 21 heavy (non-hydrogen) atoms. The van der Waals surface area contributed by atoms with E-state index >= 15 is 0 Å². The second-order valence-electron chi connectivity index (χ2n) is 4.50. The van der Waals surface area contributed by atoms with Crippen LogP contribution in [0.15, 0.2) is 24.3 Å². The first-order valence-electron chi connectivity index (χ1n) is 6.10. The number of rotatable bonds is 3. The van der Waals surface area contributed by atoms with Gasteiger partial charge in [-0.2, -0.15) is 10.2 Å². The molecule has 0 radical (unpaired) electrons. The lowest BCUT2D eigenvalue weighted by Gasteiger charge is -2.09. The summed E-state index contributed by atoms with van der Waals surface area (Å²) in [6, 6.07) is 5.74. The Balaban J connectivity index is 2.27. The van der Waals surface area contributed by atoms with Crippen LogP contribution in [0.5, 0.6) is 0 Å². The molecule has 1 aromatic carbocycles. The topological polar surface area (TPSA) is 80.9 Å². The zero-order valence-electron chi connectivity index (χ0n) is 11.5. The highest BCUT2D eigenvalue weighted by Gasteiger charge is 2.14. The van der Waals surface area contributed by atoms with Gasteiger partial charge in [0, 0.05) is 5.56 Å². The second kappa shape index (κ2) is 5.92. The van der Waals surface area contributed by atoms with Gasteiger partial charge in [0.2, 0.25) is 0 Å². The van der Waals surface area contributed by atoms with Crippen LogP contribution in [-0.2, 0) is 0 Å². The Morgan fingerprint density at radius 3 is 2.62 bits per heavy atom. The number of carbonyl (C=O) groups excluding carboxylic acids is 1. The van der Waals surface area contributed by atoms with Crippen LogP contribution in [0.3, 0.4) is 0 Å². The van der Waals surface area contributed by atoms with Gasteiger partial charge in [-0.3, -0.25) is 4.79 Å². The summed E-state index contributed by atoms with van der Waals surface area (Å²) >= 11 is 4.77. The third-order valence-electron chi connectivity index (χ3n) is 2.85. The highest BCUT2D eigenvalue weighted by molar-refractivity contribution is 7.80. The number of nitrogens with one attached hydrogen (secondary N) is 1. The first kappa shape index (κ1) is 15.0. The Morgan fingerprint density at radius 1 is 1.29 bits per heavy atom. The van der Waals surface area contributed by atoms with Crippen LogP contribution in [0, 0.1) is 19.7 Å². The molecule has 7 heteroatoms. The largest absolute Gasteiger partial charge is 0.389 e. The summed E-state index contributed by atoms with van der Waals surface area (Å²) in [5.41, 5.74) is 7.30. The van der Waals surface area contributed by atoms with Crippen molar-refractivity contribution >= 4 is 28.8 Å². The number of nitrogens with two attached hydrogens (primary N) is 1. The fraction of sp³-hybridized carbons (Fsp3) is 0.143. The number of halogens is 1. The van der Waals surface area contributed by atoms with Crippen molar-refractivity contribution in [1.29, 1.82) is 0 Å².